The first kappa shape index (κ1) is 25.1. The number of aromatic nitrogens is 3. The third-order valence-electron chi connectivity index (χ3n) is 7.39. The Balaban J connectivity index is 1.53. The highest BCUT2D eigenvalue weighted by atomic mass is 15.0. The van der Waals surface area contributed by atoms with Crippen LogP contribution in [0.3, 0.4) is 0 Å². The van der Waals surface area contributed by atoms with Gasteiger partial charge >= 0.3 is 0 Å². The maximum atomic E-state index is 9.34. The summed E-state index contributed by atoms with van der Waals surface area (Å²) in [6.45, 7) is 0. The second-order valence-corrected chi connectivity index (χ2v) is 9.98. The molecule has 4 heteroatoms. The summed E-state index contributed by atoms with van der Waals surface area (Å²) in [5, 5.41) is 11.5. The largest absolute Gasteiger partial charge is 0.208 e. The molecular weight excluding hydrogens is 512 g/mol. The van der Waals surface area contributed by atoms with E-state index in [2.05, 4.69) is 60.7 Å². The lowest BCUT2D eigenvalue weighted by atomic mass is 9.88. The highest BCUT2D eigenvalue weighted by Gasteiger charge is 2.20. The molecule has 0 saturated heterocycles. The van der Waals surface area contributed by atoms with Crippen molar-refractivity contribution in [1.29, 1.82) is 5.26 Å². The molecule has 0 aliphatic rings. The van der Waals surface area contributed by atoms with Crippen LogP contribution in [-0.4, -0.2) is 15.0 Å². The number of nitrogens with zero attached hydrogens (tertiary/aromatic N) is 4. The lowest BCUT2D eigenvalue weighted by Gasteiger charge is -2.17. The van der Waals surface area contributed by atoms with Crippen molar-refractivity contribution >= 4 is 10.8 Å². The summed E-state index contributed by atoms with van der Waals surface area (Å²) in [5.41, 5.74) is 7.63. The predicted molar refractivity (Wildman–Crippen MR) is 169 cm³/mol. The summed E-state index contributed by atoms with van der Waals surface area (Å²) in [4.78, 5) is 15.1. The van der Waals surface area contributed by atoms with Crippen molar-refractivity contribution < 1.29 is 0 Å². The molecule has 42 heavy (non-hydrogen) atoms. The Morgan fingerprint density at radius 2 is 0.952 bits per heavy atom. The van der Waals surface area contributed by atoms with E-state index in [1.54, 1.807) is 0 Å². The molecule has 0 atom stereocenters. The summed E-state index contributed by atoms with van der Waals surface area (Å²) in [6.07, 6.45) is 0. The number of benzene rings is 6. The van der Waals surface area contributed by atoms with Gasteiger partial charge in [0.1, 0.15) is 0 Å². The summed E-state index contributed by atoms with van der Waals surface area (Å²) in [6, 6.07) is 51.0. The minimum absolute atomic E-state index is 0.615. The average Bonchev–Trinajstić information content (AvgIpc) is 3.08. The number of hydrogen-bond donors (Lipinski definition) is 0. The first-order valence-corrected chi connectivity index (χ1v) is 13.8. The van der Waals surface area contributed by atoms with E-state index in [9.17, 15) is 5.26 Å². The Morgan fingerprint density at radius 3 is 1.60 bits per heavy atom. The highest BCUT2D eigenvalue weighted by molar-refractivity contribution is 6.05. The number of hydrogen-bond acceptors (Lipinski definition) is 4. The van der Waals surface area contributed by atoms with Gasteiger partial charge in [-0.3, -0.25) is 0 Å². The van der Waals surface area contributed by atoms with Crippen LogP contribution in [0.1, 0.15) is 5.56 Å². The lowest BCUT2D eigenvalue weighted by molar-refractivity contribution is 1.08. The molecule has 196 valence electrons. The fraction of sp³-hybridized carbons (Fsp3) is 0. The first-order chi connectivity index (χ1) is 20.8. The zero-order valence-electron chi connectivity index (χ0n) is 22.6. The van der Waals surface area contributed by atoms with Gasteiger partial charge in [0, 0.05) is 16.7 Å². The standard InChI is InChI=1S/C38H24N4/c39-25-26-19-21-28(22-20-26)31-16-9-10-18-33(31)34-24-23-27-11-7-8-17-32(27)35(34)38-41-36(29-12-3-1-4-13-29)40-37(42-38)30-14-5-2-6-15-30/h1-24H. The van der Waals surface area contributed by atoms with Crippen LogP contribution < -0.4 is 0 Å². The fourth-order valence-corrected chi connectivity index (χ4v) is 5.35. The van der Waals surface area contributed by atoms with Gasteiger partial charge in [-0.25, -0.2) is 15.0 Å². The third-order valence-corrected chi connectivity index (χ3v) is 7.39. The minimum Gasteiger partial charge on any atom is -0.208 e. The van der Waals surface area contributed by atoms with Gasteiger partial charge in [-0.2, -0.15) is 5.26 Å². The molecule has 0 radical (unpaired) electrons. The normalized spacial score (nSPS) is 10.8. The van der Waals surface area contributed by atoms with Crippen LogP contribution in [0.5, 0.6) is 0 Å². The monoisotopic (exact) mass is 536 g/mol. The predicted octanol–water partition coefficient (Wildman–Crippen LogP) is 9.23. The van der Waals surface area contributed by atoms with Gasteiger partial charge in [-0.05, 0) is 45.2 Å². The second kappa shape index (κ2) is 10.9. The van der Waals surface area contributed by atoms with Gasteiger partial charge in [-0.1, -0.05) is 133 Å². The molecule has 1 aromatic heterocycles. The SMILES string of the molecule is N#Cc1ccc(-c2ccccc2-c2ccc3ccccc3c2-c2nc(-c3ccccc3)nc(-c3ccccc3)n2)cc1. The molecule has 0 unspecified atom stereocenters. The van der Waals surface area contributed by atoms with Gasteiger partial charge in [0.15, 0.2) is 17.5 Å². The molecule has 0 spiro atoms. The Kier molecular flexibility index (Phi) is 6.52. The third kappa shape index (κ3) is 4.70. The maximum Gasteiger partial charge on any atom is 0.165 e. The zero-order valence-corrected chi connectivity index (χ0v) is 22.6. The van der Waals surface area contributed by atoms with Gasteiger partial charge in [0.05, 0.1) is 11.6 Å². The van der Waals surface area contributed by atoms with E-state index in [0.29, 0.717) is 23.0 Å². The first-order valence-electron chi connectivity index (χ1n) is 13.8. The minimum atomic E-state index is 0.615. The van der Waals surface area contributed by atoms with Crippen LogP contribution in [0, 0.1) is 11.3 Å². The van der Waals surface area contributed by atoms with Gasteiger partial charge < -0.3 is 0 Å². The van der Waals surface area contributed by atoms with E-state index >= 15 is 0 Å². The van der Waals surface area contributed by atoms with Crippen LogP contribution in [0.25, 0.3) is 67.2 Å². The highest BCUT2D eigenvalue weighted by Crippen LogP contribution is 2.41. The molecule has 0 fully saturated rings. The lowest BCUT2D eigenvalue weighted by Crippen LogP contribution is -2.02. The molecule has 0 bridgehead atoms. The molecule has 0 N–H and O–H groups in total. The van der Waals surface area contributed by atoms with E-state index in [0.717, 1.165) is 49.7 Å². The van der Waals surface area contributed by atoms with E-state index in [1.165, 1.54) is 0 Å². The van der Waals surface area contributed by atoms with E-state index in [-0.39, 0.29) is 0 Å². The van der Waals surface area contributed by atoms with Gasteiger partial charge in [-0.15, -0.1) is 0 Å². The Morgan fingerprint density at radius 1 is 0.405 bits per heavy atom. The molecule has 7 rings (SSSR count). The van der Waals surface area contributed by atoms with Crippen LogP contribution in [-0.2, 0) is 0 Å². The Labute approximate surface area is 244 Å². The number of fused-ring (bicyclic) bond motifs is 1. The molecule has 7 aromatic rings. The smallest absolute Gasteiger partial charge is 0.165 e. The molecule has 0 amide bonds. The quantitative estimate of drug-likeness (QED) is 0.220. The maximum absolute atomic E-state index is 9.34. The summed E-state index contributed by atoms with van der Waals surface area (Å²) < 4.78 is 0. The fourth-order valence-electron chi connectivity index (χ4n) is 5.35. The molecule has 0 saturated carbocycles. The topological polar surface area (TPSA) is 62.5 Å². The van der Waals surface area contributed by atoms with E-state index in [4.69, 9.17) is 15.0 Å². The summed E-state index contributed by atoms with van der Waals surface area (Å²) in [5.74, 6) is 1.86. The van der Waals surface area contributed by atoms with Crippen LogP contribution in [0.15, 0.2) is 146 Å². The van der Waals surface area contributed by atoms with Crippen molar-refractivity contribution in [3.05, 3.63) is 151 Å². The van der Waals surface area contributed by atoms with E-state index < -0.39 is 0 Å². The average molecular weight is 537 g/mol. The molecule has 4 nitrogen and oxygen atoms in total. The molecule has 0 aliphatic heterocycles. The zero-order chi connectivity index (χ0) is 28.3. The second-order valence-electron chi connectivity index (χ2n) is 9.98. The molecule has 6 aromatic carbocycles. The molecular formula is C38H24N4. The van der Waals surface area contributed by atoms with E-state index in [1.807, 2.05) is 91.0 Å². The summed E-state index contributed by atoms with van der Waals surface area (Å²) >= 11 is 0. The molecule has 0 aliphatic carbocycles. The van der Waals surface area contributed by atoms with Crippen molar-refractivity contribution in [1.82, 2.24) is 15.0 Å². The molecule has 1 heterocycles. The van der Waals surface area contributed by atoms with Crippen LogP contribution in [0.4, 0.5) is 0 Å². The van der Waals surface area contributed by atoms with Crippen molar-refractivity contribution in [2.75, 3.05) is 0 Å². The van der Waals surface area contributed by atoms with Crippen molar-refractivity contribution in [2.45, 2.75) is 0 Å². The van der Waals surface area contributed by atoms with Gasteiger partial charge in [0.25, 0.3) is 0 Å². The van der Waals surface area contributed by atoms with Gasteiger partial charge in [0.2, 0.25) is 0 Å². The Hall–Kier alpha value is -5.92. The Bertz CT molecular complexity index is 2020. The number of rotatable bonds is 5. The van der Waals surface area contributed by atoms with Crippen LogP contribution >= 0.6 is 0 Å². The van der Waals surface area contributed by atoms with Crippen molar-refractivity contribution in [2.24, 2.45) is 0 Å². The van der Waals surface area contributed by atoms with Crippen LogP contribution in [0.2, 0.25) is 0 Å². The summed E-state index contributed by atoms with van der Waals surface area (Å²) in [7, 11) is 0. The van der Waals surface area contributed by atoms with Crippen molar-refractivity contribution in [3.63, 3.8) is 0 Å². The number of nitriles is 1. The van der Waals surface area contributed by atoms with Crippen molar-refractivity contribution in [3.8, 4) is 62.5 Å².